The summed E-state index contributed by atoms with van der Waals surface area (Å²) in [4.78, 5) is 0. The molecule has 0 aliphatic heterocycles. The van der Waals surface area contributed by atoms with Crippen LogP contribution in [0.4, 0.5) is 0 Å². The minimum atomic E-state index is 0.165. The van der Waals surface area contributed by atoms with Gasteiger partial charge in [0.25, 0.3) is 0 Å². The van der Waals surface area contributed by atoms with Crippen LogP contribution < -0.4 is 5.32 Å². The van der Waals surface area contributed by atoms with Gasteiger partial charge in [-0.05, 0) is 48.6 Å². The van der Waals surface area contributed by atoms with Crippen molar-refractivity contribution < 1.29 is 5.11 Å². The lowest BCUT2D eigenvalue weighted by Gasteiger charge is -2.24. The minimum absolute atomic E-state index is 0.165. The predicted molar refractivity (Wildman–Crippen MR) is 89.5 cm³/mol. The first-order valence-corrected chi connectivity index (χ1v) is 8.30. The quantitative estimate of drug-likeness (QED) is 0.827. The highest BCUT2D eigenvalue weighted by atomic mass is 79.9. The van der Waals surface area contributed by atoms with Crippen molar-refractivity contribution in [2.45, 2.75) is 38.3 Å². The number of aryl methyl sites for hydroxylation is 1. The van der Waals surface area contributed by atoms with Gasteiger partial charge >= 0.3 is 0 Å². The topological polar surface area (TPSA) is 32.3 Å². The second-order valence-electron chi connectivity index (χ2n) is 5.62. The van der Waals surface area contributed by atoms with Crippen LogP contribution in [0, 0.1) is 0 Å². The first kappa shape index (κ1) is 14.6. The summed E-state index contributed by atoms with van der Waals surface area (Å²) in [5.74, 6) is 0.365. The largest absolute Gasteiger partial charge is 0.508 e. The van der Waals surface area contributed by atoms with Gasteiger partial charge in [0, 0.05) is 22.1 Å². The van der Waals surface area contributed by atoms with Gasteiger partial charge < -0.3 is 10.4 Å². The lowest BCUT2D eigenvalue weighted by molar-refractivity contribution is 0.406. The molecule has 0 heterocycles. The molecule has 2 unspecified atom stereocenters. The van der Waals surface area contributed by atoms with Crippen LogP contribution in [0.3, 0.4) is 0 Å². The molecule has 0 fully saturated rings. The van der Waals surface area contributed by atoms with Crippen LogP contribution in [-0.4, -0.2) is 5.11 Å². The summed E-state index contributed by atoms with van der Waals surface area (Å²) in [5.41, 5.74) is 3.82. The molecule has 2 aromatic carbocycles. The fraction of sp³-hybridized carbons (Fsp3) is 0.333. The monoisotopic (exact) mass is 345 g/mol. The fourth-order valence-electron chi connectivity index (χ4n) is 3.21. The Bertz CT molecular complexity index is 641. The van der Waals surface area contributed by atoms with Crippen molar-refractivity contribution in [3.63, 3.8) is 0 Å². The summed E-state index contributed by atoms with van der Waals surface area (Å²) in [6.07, 6.45) is 3.21. The Morgan fingerprint density at radius 2 is 2.10 bits per heavy atom. The Labute approximate surface area is 134 Å². The lowest BCUT2D eigenvalue weighted by atomic mass is 10.0. The molecule has 0 aromatic heterocycles. The average molecular weight is 346 g/mol. The van der Waals surface area contributed by atoms with Crippen LogP contribution in [0.1, 0.15) is 48.5 Å². The van der Waals surface area contributed by atoms with E-state index in [-0.39, 0.29) is 6.04 Å². The highest BCUT2D eigenvalue weighted by Gasteiger charge is 2.25. The van der Waals surface area contributed by atoms with E-state index in [4.69, 9.17) is 0 Å². The number of aromatic hydroxyl groups is 1. The predicted octanol–water partition coefficient (Wildman–Crippen LogP) is 4.88. The second-order valence-corrected chi connectivity index (χ2v) is 6.54. The molecule has 3 rings (SSSR count). The van der Waals surface area contributed by atoms with Crippen LogP contribution in [-0.2, 0) is 6.42 Å². The number of fused-ring (bicyclic) bond motifs is 1. The highest BCUT2D eigenvalue weighted by Crippen LogP contribution is 2.36. The van der Waals surface area contributed by atoms with Crippen molar-refractivity contribution in [2.75, 3.05) is 0 Å². The molecular formula is C18H20BrNO. The molecular weight excluding hydrogens is 326 g/mol. The van der Waals surface area contributed by atoms with Crippen molar-refractivity contribution in [1.82, 2.24) is 5.32 Å². The van der Waals surface area contributed by atoms with Crippen molar-refractivity contribution in [1.29, 1.82) is 0 Å². The highest BCUT2D eigenvalue weighted by molar-refractivity contribution is 9.10. The Balaban J connectivity index is 1.84. The molecule has 1 aliphatic rings. The van der Waals surface area contributed by atoms with Crippen LogP contribution in [0.25, 0.3) is 0 Å². The molecule has 0 saturated heterocycles. The van der Waals surface area contributed by atoms with E-state index in [0.717, 1.165) is 29.3 Å². The van der Waals surface area contributed by atoms with E-state index >= 15 is 0 Å². The number of benzene rings is 2. The zero-order valence-electron chi connectivity index (χ0n) is 12.1. The zero-order chi connectivity index (χ0) is 14.8. The molecule has 3 heteroatoms. The summed E-state index contributed by atoms with van der Waals surface area (Å²) in [6, 6.07) is 14.8. The van der Waals surface area contributed by atoms with Gasteiger partial charge in [0.1, 0.15) is 5.75 Å². The van der Waals surface area contributed by atoms with E-state index in [9.17, 15) is 5.11 Å². The van der Waals surface area contributed by atoms with Gasteiger partial charge in [-0.25, -0.2) is 0 Å². The molecule has 110 valence electrons. The third-order valence-electron chi connectivity index (χ3n) is 4.31. The first-order valence-electron chi connectivity index (χ1n) is 7.51. The molecule has 2 atom stereocenters. The molecule has 21 heavy (non-hydrogen) atoms. The summed E-state index contributed by atoms with van der Waals surface area (Å²) in [7, 11) is 0. The van der Waals surface area contributed by atoms with Crippen molar-refractivity contribution >= 4 is 15.9 Å². The van der Waals surface area contributed by atoms with Crippen LogP contribution in [0.5, 0.6) is 5.75 Å². The number of hydrogen-bond acceptors (Lipinski definition) is 2. The summed E-state index contributed by atoms with van der Waals surface area (Å²) in [5, 5.41) is 13.9. The third-order valence-corrected chi connectivity index (χ3v) is 4.80. The van der Waals surface area contributed by atoms with Crippen molar-refractivity contribution in [2.24, 2.45) is 0 Å². The van der Waals surface area contributed by atoms with Gasteiger partial charge in [-0.2, -0.15) is 0 Å². The summed E-state index contributed by atoms with van der Waals surface area (Å²) in [6.45, 7) is 2.15. The summed E-state index contributed by atoms with van der Waals surface area (Å²) >= 11 is 3.49. The van der Waals surface area contributed by atoms with E-state index in [0.29, 0.717) is 11.8 Å². The minimum Gasteiger partial charge on any atom is -0.508 e. The molecule has 0 amide bonds. The van der Waals surface area contributed by atoms with Crippen LogP contribution >= 0.6 is 15.9 Å². The molecule has 0 saturated carbocycles. The number of phenols is 1. The number of halogens is 1. The van der Waals surface area contributed by atoms with Gasteiger partial charge in [-0.1, -0.05) is 47.1 Å². The third kappa shape index (κ3) is 2.99. The number of phenolic OH excluding ortho intramolecular Hbond substituents is 1. The van der Waals surface area contributed by atoms with E-state index in [1.807, 2.05) is 12.1 Å². The fourth-order valence-corrected chi connectivity index (χ4v) is 3.58. The van der Waals surface area contributed by atoms with Gasteiger partial charge in [-0.15, -0.1) is 0 Å². The molecule has 2 N–H and O–H groups in total. The molecule has 2 aromatic rings. The number of hydrogen-bond donors (Lipinski definition) is 2. The zero-order valence-corrected chi connectivity index (χ0v) is 13.7. The Morgan fingerprint density at radius 3 is 2.90 bits per heavy atom. The van der Waals surface area contributed by atoms with Crippen molar-refractivity contribution in [3.8, 4) is 5.75 Å². The summed E-state index contributed by atoms with van der Waals surface area (Å²) < 4.78 is 1.00. The van der Waals surface area contributed by atoms with Gasteiger partial charge in [0.2, 0.25) is 0 Å². The molecule has 0 spiro atoms. The van der Waals surface area contributed by atoms with Gasteiger partial charge in [0.15, 0.2) is 0 Å². The average Bonchev–Trinajstić information content (AvgIpc) is 2.91. The molecule has 0 radical (unpaired) electrons. The van der Waals surface area contributed by atoms with E-state index in [1.165, 1.54) is 11.1 Å². The Morgan fingerprint density at radius 1 is 1.29 bits per heavy atom. The molecule has 2 nitrogen and oxygen atoms in total. The van der Waals surface area contributed by atoms with Gasteiger partial charge in [-0.3, -0.25) is 0 Å². The molecule has 1 aliphatic carbocycles. The number of nitrogens with one attached hydrogen (secondary N) is 1. The Hall–Kier alpha value is -1.32. The Kier molecular flexibility index (Phi) is 4.32. The van der Waals surface area contributed by atoms with Crippen LogP contribution in [0.15, 0.2) is 46.9 Å². The molecule has 0 bridgehead atoms. The maximum atomic E-state index is 10.1. The maximum Gasteiger partial charge on any atom is 0.120 e. The van der Waals surface area contributed by atoms with Crippen molar-refractivity contribution in [3.05, 3.63) is 63.6 Å². The second kappa shape index (κ2) is 6.20. The van der Waals surface area contributed by atoms with E-state index in [2.05, 4.69) is 52.4 Å². The van der Waals surface area contributed by atoms with Crippen LogP contribution in [0.2, 0.25) is 0 Å². The standard InChI is InChI=1S/C18H20BrNO/c1-2-16(15-11-13(19)8-10-18(15)21)20-17-9-7-12-5-3-4-6-14(12)17/h3-6,8,10-11,16-17,20-21H,2,7,9H2,1H3. The van der Waals surface area contributed by atoms with E-state index < -0.39 is 0 Å². The smallest absolute Gasteiger partial charge is 0.120 e. The first-order chi connectivity index (χ1) is 10.2. The normalized spacial score (nSPS) is 18.5. The van der Waals surface area contributed by atoms with E-state index in [1.54, 1.807) is 6.07 Å². The maximum absolute atomic E-state index is 10.1. The lowest BCUT2D eigenvalue weighted by Crippen LogP contribution is -2.24. The number of rotatable bonds is 4. The SMILES string of the molecule is CCC(NC1CCc2ccccc21)c1cc(Br)ccc1O. The van der Waals surface area contributed by atoms with Gasteiger partial charge in [0.05, 0.1) is 0 Å².